The molecule has 0 aliphatic rings. The second-order valence-corrected chi connectivity index (χ2v) is 7.07. The van der Waals surface area contributed by atoms with Gasteiger partial charge in [-0.15, -0.1) is 0 Å². The average Bonchev–Trinajstić information content (AvgIpc) is 2.47. The molecule has 0 unspecified atom stereocenters. The third-order valence-corrected chi connectivity index (χ3v) is 5.44. The molecule has 0 radical (unpaired) electrons. The highest BCUT2D eigenvalue weighted by Crippen LogP contribution is 2.31. The lowest BCUT2D eigenvalue weighted by atomic mass is 10.1. The quantitative estimate of drug-likeness (QED) is 0.625. The van der Waals surface area contributed by atoms with E-state index in [4.69, 9.17) is 0 Å². The maximum absolute atomic E-state index is 4.40. The van der Waals surface area contributed by atoms with Gasteiger partial charge in [-0.25, -0.2) is 9.97 Å². The van der Waals surface area contributed by atoms with E-state index in [1.54, 1.807) is 6.33 Å². The predicted octanol–water partition coefficient (Wildman–Crippen LogP) is 4.17. The lowest BCUT2D eigenvalue weighted by Crippen LogP contribution is -1.97. The number of nitrogens with one attached hydrogen (secondary N) is 1. The van der Waals surface area contributed by atoms with Crippen LogP contribution in [0, 0.1) is 20.8 Å². The highest BCUT2D eigenvalue weighted by atomic mass is 79.9. The third-order valence-electron chi connectivity index (χ3n) is 3.79. The number of benzene rings is 2. The number of aryl methyl sites for hydroxylation is 2. The fourth-order valence-electron chi connectivity index (χ4n) is 2.27. The Kier molecular flexibility index (Phi) is 6.86. The van der Waals surface area contributed by atoms with Crippen molar-refractivity contribution in [3.05, 3.63) is 56.2 Å². The molecule has 5 nitrogen and oxygen atoms in total. The topological polar surface area (TPSA) is 101 Å². The van der Waals surface area contributed by atoms with Crippen molar-refractivity contribution in [2.75, 3.05) is 5.32 Å². The Morgan fingerprint density at radius 1 is 0.833 bits per heavy atom. The van der Waals surface area contributed by atoms with Gasteiger partial charge in [-0.2, -0.15) is 0 Å². The number of nitrogens with zero attached hydrogens (tertiary/aromatic N) is 2. The summed E-state index contributed by atoms with van der Waals surface area (Å²) in [7, 11) is 0. The lowest BCUT2D eigenvalue weighted by Gasteiger charge is -2.12. The summed E-state index contributed by atoms with van der Waals surface area (Å²) in [6, 6.07) is 8.33. The van der Waals surface area contributed by atoms with E-state index in [9.17, 15) is 0 Å². The summed E-state index contributed by atoms with van der Waals surface area (Å²) in [5.74, 6) is 0.816. The number of fused-ring (bicyclic) bond motifs is 1. The van der Waals surface area contributed by atoms with Crippen molar-refractivity contribution in [1.82, 2.24) is 9.97 Å². The molecule has 0 fully saturated rings. The predicted molar refractivity (Wildman–Crippen MR) is 106 cm³/mol. The zero-order valence-corrected chi connectivity index (χ0v) is 16.7. The van der Waals surface area contributed by atoms with Crippen molar-refractivity contribution >= 4 is 54.3 Å². The smallest absolute Gasteiger partial charge is 0.141 e. The Morgan fingerprint density at radius 2 is 1.42 bits per heavy atom. The van der Waals surface area contributed by atoms with Gasteiger partial charge in [0.15, 0.2) is 0 Å². The molecule has 0 saturated carbocycles. The molecule has 0 saturated heterocycles. The summed E-state index contributed by atoms with van der Waals surface area (Å²) < 4.78 is 2.10. The molecular weight excluding hydrogens is 438 g/mol. The highest BCUT2D eigenvalue weighted by Gasteiger charge is 2.08. The van der Waals surface area contributed by atoms with Crippen LogP contribution in [0.4, 0.5) is 11.5 Å². The summed E-state index contributed by atoms with van der Waals surface area (Å²) in [6.07, 6.45) is 1.59. The van der Waals surface area contributed by atoms with E-state index in [-0.39, 0.29) is 11.0 Å². The standard InChI is InChI=1S/C17H15Br2N3.2H2O/c1-9-4-13-16(5-10(9)2)20-8-21-17(13)22-12-6-14(18)11(3)15(19)7-12;;/h4-8H,1-3H3,(H,20,21,22);2*1H2. The van der Waals surface area contributed by atoms with Crippen molar-refractivity contribution in [3.63, 3.8) is 0 Å². The van der Waals surface area contributed by atoms with Crippen molar-refractivity contribution in [3.8, 4) is 0 Å². The van der Waals surface area contributed by atoms with E-state index >= 15 is 0 Å². The molecular formula is C17H19Br2N3O2. The van der Waals surface area contributed by atoms with E-state index in [0.29, 0.717) is 0 Å². The fraction of sp³-hybridized carbons (Fsp3) is 0.176. The van der Waals surface area contributed by atoms with Gasteiger partial charge in [-0.3, -0.25) is 0 Å². The van der Waals surface area contributed by atoms with Gasteiger partial charge in [0.25, 0.3) is 0 Å². The molecule has 128 valence electrons. The minimum atomic E-state index is 0. The first-order valence-corrected chi connectivity index (χ1v) is 8.49. The van der Waals surface area contributed by atoms with Crippen molar-refractivity contribution in [2.45, 2.75) is 20.8 Å². The van der Waals surface area contributed by atoms with Crippen LogP contribution >= 0.6 is 31.9 Å². The van der Waals surface area contributed by atoms with E-state index in [1.807, 2.05) is 0 Å². The SMILES string of the molecule is Cc1cc2ncnc(Nc3cc(Br)c(C)c(Br)c3)c2cc1C.O.O. The third kappa shape index (κ3) is 3.92. The molecule has 1 aromatic heterocycles. The number of rotatable bonds is 2. The number of aromatic nitrogens is 2. The van der Waals surface area contributed by atoms with Gasteiger partial charge >= 0.3 is 0 Å². The van der Waals surface area contributed by atoms with Gasteiger partial charge < -0.3 is 16.3 Å². The maximum atomic E-state index is 4.40. The van der Waals surface area contributed by atoms with Crippen molar-refractivity contribution < 1.29 is 11.0 Å². The average molecular weight is 457 g/mol. The van der Waals surface area contributed by atoms with Crippen LogP contribution in [0.3, 0.4) is 0 Å². The van der Waals surface area contributed by atoms with Crippen LogP contribution in [0.5, 0.6) is 0 Å². The van der Waals surface area contributed by atoms with Gasteiger partial charge in [-0.1, -0.05) is 31.9 Å². The Labute approximate surface area is 157 Å². The second-order valence-electron chi connectivity index (χ2n) is 5.37. The molecule has 7 heteroatoms. The highest BCUT2D eigenvalue weighted by molar-refractivity contribution is 9.11. The van der Waals surface area contributed by atoms with Gasteiger partial charge in [0.2, 0.25) is 0 Å². The zero-order chi connectivity index (χ0) is 15.9. The number of hydrogen-bond acceptors (Lipinski definition) is 3. The molecule has 0 aliphatic heterocycles. The summed E-state index contributed by atoms with van der Waals surface area (Å²) in [4.78, 5) is 8.77. The summed E-state index contributed by atoms with van der Waals surface area (Å²) in [5.41, 5.74) is 5.56. The molecule has 3 rings (SSSR count). The summed E-state index contributed by atoms with van der Waals surface area (Å²) >= 11 is 7.16. The summed E-state index contributed by atoms with van der Waals surface area (Å²) in [6.45, 7) is 6.26. The number of hydrogen-bond donors (Lipinski definition) is 1. The van der Waals surface area contributed by atoms with Crippen LogP contribution in [0.25, 0.3) is 10.9 Å². The van der Waals surface area contributed by atoms with E-state index < -0.39 is 0 Å². The molecule has 5 N–H and O–H groups in total. The van der Waals surface area contributed by atoms with Gasteiger partial charge in [0.05, 0.1) is 5.52 Å². The number of anilines is 2. The Morgan fingerprint density at radius 3 is 2.04 bits per heavy atom. The van der Waals surface area contributed by atoms with E-state index in [2.05, 4.69) is 92.2 Å². The van der Waals surface area contributed by atoms with Gasteiger partial charge in [-0.05, 0) is 61.7 Å². The normalized spacial score (nSPS) is 10.0. The molecule has 0 spiro atoms. The largest absolute Gasteiger partial charge is 0.412 e. The Bertz CT molecular complexity index is 862. The maximum Gasteiger partial charge on any atom is 0.141 e. The van der Waals surface area contributed by atoms with Crippen LogP contribution in [0.15, 0.2) is 39.5 Å². The fourth-order valence-corrected chi connectivity index (χ4v) is 3.46. The molecule has 0 bridgehead atoms. The molecule has 24 heavy (non-hydrogen) atoms. The molecule has 0 amide bonds. The molecule has 3 aromatic rings. The van der Waals surface area contributed by atoms with Crippen LogP contribution in [0.1, 0.15) is 16.7 Å². The minimum absolute atomic E-state index is 0. The number of halogens is 2. The molecule has 1 heterocycles. The molecule has 0 atom stereocenters. The molecule has 0 aliphatic carbocycles. The molecule has 2 aromatic carbocycles. The Balaban J connectivity index is 0.00000144. The van der Waals surface area contributed by atoms with Crippen LogP contribution in [-0.2, 0) is 0 Å². The van der Waals surface area contributed by atoms with Gasteiger partial charge in [0.1, 0.15) is 12.1 Å². The van der Waals surface area contributed by atoms with E-state index in [1.165, 1.54) is 16.7 Å². The first-order valence-electron chi connectivity index (χ1n) is 6.90. The first-order chi connectivity index (χ1) is 10.5. The lowest BCUT2D eigenvalue weighted by molar-refractivity contribution is 0.823. The summed E-state index contributed by atoms with van der Waals surface area (Å²) in [5, 5.41) is 4.42. The Hall–Kier alpha value is -1.54. The van der Waals surface area contributed by atoms with Crippen molar-refractivity contribution in [1.29, 1.82) is 0 Å². The first kappa shape index (κ1) is 20.5. The van der Waals surface area contributed by atoms with Crippen molar-refractivity contribution in [2.24, 2.45) is 0 Å². The minimum Gasteiger partial charge on any atom is -0.412 e. The van der Waals surface area contributed by atoms with E-state index in [0.717, 1.165) is 31.4 Å². The van der Waals surface area contributed by atoms with Crippen LogP contribution in [-0.4, -0.2) is 20.9 Å². The van der Waals surface area contributed by atoms with Gasteiger partial charge in [0, 0.05) is 20.0 Å². The zero-order valence-electron chi connectivity index (χ0n) is 13.5. The monoisotopic (exact) mass is 455 g/mol. The van der Waals surface area contributed by atoms with Crippen LogP contribution < -0.4 is 5.32 Å². The second kappa shape index (κ2) is 8.02. The van der Waals surface area contributed by atoms with Crippen LogP contribution in [0.2, 0.25) is 0 Å².